The molecule has 4 nitrogen and oxygen atoms in total. The number of carbonyl (C=O) groups is 2. The molecule has 2 unspecified atom stereocenters. The summed E-state index contributed by atoms with van der Waals surface area (Å²) in [5.41, 5.74) is 5.43. The van der Waals surface area contributed by atoms with E-state index in [1.165, 1.54) is 4.90 Å². The molecule has 0 aromatic carbocycles. The molecule has 2 N–H and O–H groups in total. The van der Waals surface area contributed by atoms with Crippen molar-refractivity contribution in [2.45, 2.75) is 46.6 Å². The molecule has 16 heavy (non-hydrogen) atoms. The topological polar surface area (TPSA) is 63.4 Å². The number of nitrogens with two attached hydrogens (primary N) is 1. The van der Waals surface area contributed by atoms with E-state index in [0.717, 1.165) is 6.42 Å². The highest BCUT2D eigenvalue weighted by molar-refractivity contribution is 6.05. The summed E-state index contributed by atoms with van der Waals surface area (Å²) in [4.78, 5) is 25.0. The van der Waals surface area contributed by atoms with Crippen LogP contribution in [0.4, 0.5) is 0 Å². The van der Waals surface area contributed by atoms with Crippen LogP contribution in [-0.4, -0.2) is 29.3 Å². The number of hydrogen-bond acceptors (Lipinski definition) is 3. The minimum Gasteiger partial charge on any atom is -0.326 e. The Labute approximate surface area is 97.2 Å². The summed E-state index contributed by atoms with van der Waals surface area (Å²) in [6, 6.07) is -0.119. The third kappa shape index (κ3) is 2.43. The zero-order valence-corrected chi connectivity index (χ0v) is 10.6. The Bertz CT molecular complexity index is 299. The fourth-order valence-corrected chi connectivity index (χ4v) is 1.91. The summed E-state index contributed by atoms with van der Waals surface area (Å²) in [5, 5.41) is 0. The molecule has 1 fully saturated rings. The van der Waals surface area contributed by atoms with Gasteiger partial charge >= 0.3 is 0 Å². The van der Waals surface area contributed by atoms with Crippen LogP contribution in [0.2, 0.25) is 0 Å². The average Bonchev–Trinajstić information content (AvgIpc) is 2.39. The molecule has 0 bridgehead atoms. The molecule has 0 aromatic rings. The van der Waals surface area contributed by atoms with E-state index in [0.29, 0.717) is 18.9 Å². The Hall–Kier alpha value is -0.900. The van der Waals surface area contributed by atoms with Gasteiger partial charge in [0.2, 0.25) is 11.8 Å². The molecule has 4 heteroatoms. The monoisotopic (exact) mass is 226 g/mol. The van der Waals surface area contributed by atoms with E-state index < -0.39 is 5.41 Å². The second-order valence-corrected chi connectivity index (χ2v) is 5.42. The van der Waals surface area contributed by atoms with E-state index in [1.807, 2.05) is 20.8 Å². The first kappa shape index (κ1) is 13.2. The molecular weight excluding hydrogens is 204 g/mol. The summed E-state index contributed by atoms with van der Waals surface area (Å²) in [5.74, 6) is 0.148. The van der Waals surface area contributed by atoms with Gasteiger partial charge in [0, 0.05) is 19.0 Å². The molecule has 0 aliphatic carbocycles. The summed E-state index contributed by atoms with van der Waals surface area (Å²) < 4.78 is 0. The van der Waals surface area contributed by atoms with Crippen LogP contribution in [0.5, 0.6) is 0 Å². The fourth-order valence-electron chi connectivity index (χ4n) is 1.91. The number of amides is 2. The lowest BCUT2D eigenvalue weighted by atomic mass is 9.92. The molecule has 0 spiro atoms. The zero-order valence-electron chi connectivity index (χ0n) is 10.6. The Morgan fingerprint density at radius 1 is 1.44 bits per heavy atom. The van der Waals surface area contributed by atoms with Crippen molar-refractivity contribution in [1.82, 2.24) is 4.90 Å². The van der Waals surface area contributed by atoms with E-state index in [-0.39, 0.29) is 17.9 Å². The summed E-state index contributed by atoms with van der Waals surface area (Å²) in [7, 11) is 0. The maximum Gasteiger partial charge on any atom is 0.235 e. The van der Waals surface area contributed by atoms with Crippen LogP contribution in [0.25, 0.3) is 0 Å². The molecule has 2 amide bonds. The van der Waals surface area contributed by atoms with Crippen molar-refractivity contribution >= 4 is 11.8 Å². The predicted molar refractivity (Wildman–Crippen MR) is 62.5 cm³/mol. The molecule has 1 heterocycles. The smallest absolute Gasteiger partial charge is 0.235 e. The Morgan fingerprint density at radius 2 is 2.00 bits per heavy atom. The zero-order chi connectivity index (χ0) is 12.5. The Morgan fingerprint density at radius 3 is 2.38 bits per heavy atom. The van der Waals surface area contributed by atoms with Gasteiger partial charge in [0.15, 0.2) is 0 Å². The van der Waals surface area contributed by atoms with Gasteiger partial charge in [-0.05, 0) is 5.92 Å². The van der Waals surface area contributed by atoms with Gasteiger partial charge in [-0.25, -0.2) is 0 Å². The molecule has 1 saturated heterocycles. The molecule has 1 aliphatic heterocycles. The maximum atomic E-state index is 11.9. The molecule has 2 atom stereocenters. The second-order valence-electron chi connectivity index (χ2n) is 5.42. The van der Waals surface area contributed by atoms with Crippen LogP contribution in [-0.2, 0) is 9.59 Å². The van der Waals surface area contributed by atoms with Gasteiger partial charge in [0.05, 0.1) is 5.41 Å². The van der Waals surface area contributed by atoms with E-state index in [1.54, 1.807) is 0 Å². The van der Waals surface area contributed by atoms with E-state index in [9.17, 15) is 9.59 Å². The number of likely N-dealkylation sites (tertiary alicyclic amines) is 1. The van der Waals surface area contributed by atoms with Crippen LogP contribution in [0.1, 0.15) is 40.5 Å². The maximum absolute atomic E-state index is 11.9. The summed E-state index contributed by atoms with van der Waals surface area (Å²) in [6.07, 6.45) is 1.26. The lowest BCUT2D eigenvalue weighted by Crippen LogP contribution is -2.44. The van der Waals surface area contributed by atoms with Crippen molar-refractivity contribution in [2.75, 3.05) is 6.54 Å². The molecular formula is C12H22N2O2. The second kappa shape index (κ2) is 4.53. The molecule has 0 saturated carbocycles. The highest BCUT2D eigenvalue weighted by Gasteiger charge is 2.45. The average molecular weight is 226 g/mol. The van der Waals surface area contributed by atoms with Crippen LogP contribution >= 0.6 is 0 Å². The first-order chi connectivity index (χ1) is 7.29. The van der Waals surface area contributed by atoms with E-state index in [2.05, 4.69) is 6.92 Å². The standard InChI is InChI=1S/C12H22N2O2/c1-5-8(2)9(13)7-14-10(15)6-12(3,4)11(14)16/h8-9H,5-7,13H2,1-4H3. The molecule has 0 aromatic heterocycles. The van der Waals surface area contributed by atoms with Crippen molar-refractivity contribution in [3.8, 4) is 0 Å². The van der Waals surface area contributed by atoms with Gasteiger partial charge in [-0.2, -0.15) is 0 Å². The van der Waals surface area contributed by atoms with Gasteiger partial charge in [-0.3, -0.25) is 14.5 Å². The third-order valence-corrected chi connectivity index (χ3v) is 3.49. The number of nitrogens with zero attached hydrogens (tertiary/aromatic N) is 1. The van der Waals surface area contributed by atoms with Gasteiger partial charge < -0.3 is 5.73 Å². The van der Waals surface area contributed by atoms with Crippen LogP contribution in [0, 0.1) is 11.3 Å². The van der Waals surface area contributed by atoms with Crippen LogP contribution in [0.3, 0.4) is 0 Å². The summed E-state index contributed by atoms with van der Waals surface area (Å²) in [6.45, 7) is 8.07. The number of rotatable bonds is 4. The first-order valence-corrected chi connectivity index (χ1v) is 5.90. The van der Waals surface area contributed by atoms with Crippen molar-refractivity contribution in [3.05, 3.63) is 0 Å². The van der Waals surface area contributed by atoms with Crippen molar-refractivity contribution in [3.63, 3.8) is 0 Å². The van der Waals surface area contributed by atoms with E-state index in [4.69, 9.17) is 5.73 Å². The predicted octanol–water partition coefficient (Wildman–Crippen LogP) is 1.14. The van der Waals surface area contributed by atoms with Gasteiger partial charge in [0.1, 0.15) is 0 Å². The highest BCUT2D eigenvalue weighted by atomic mass is 16.2. The van der Waals surface area contributed by atoms with Crippen molar-refractivity contribution in [1.29, 1.82) is 0 Å². The molecule has 92 valence electrons. The number of carbonyl (C=O) groups excluding carboxylic acids is 2. The normalized spacial score (nSPS) is 23.7. The van der Waals surface area contributed by atoms with Gasteiger partial charge in [0.25, 0.3) is 0 Å². The third-order valence-electron chi connectivity index (χ3n) is 3.49. The number of hydrogen-bond donors (Lipinski definition) is 1. The van der Waals surface area contributed by atoms with Gasteiger partial charge in [-0.1, -0.05) is 34.1 Å². The van der Waals surface area contributed by atoms with Crippen molar-refractivity contribution < 1.29 is 9.59 Å². The van der Waals surface area contributed by atoms with E-state index >= 15 is 0 Å². The quantitative estimate of drug-likeness (QED) is 0.731. The Balaban J connectivity index is 2.69. The van der Waals surface area contributed by atoms with Crippen LogP contribution in [0.15, 0.2) is 0 Å². The van der Waals surface area contributed by atoms with Gasteiger partial charge in [-0.15, -0.1) is 0 Å². The minimum absolute atomic E-state index is 0.0868. The lowest BCUT2D eigenvalue weighted by Gasteiger charge is -2.24. The van der Waals surface area contributed by atoms with Crippen molar-refractivity contribution in [2.24, 2.45) is 17.1 Å². The summed E-state index contributed by atoms with van der Waals surface area (Å²) >= 11 is 0. The SMILES string of the molecule is CCC(C)C(N)CN1C(=O)CC(C)(C)C1=O. The molecule has 0 radical (unpaired) electrons. The molecule has 1 aliphatic rings. The first-order valence-electron chi connectivity index (χ1n) is 5.90. The molecule has 1 rings (SSSR count). The highest BCUT2D eigenvalue weighted by Crippen LogP contribution is 2.31. The Kier molecular flexibility index (Phi) is 3.73. The van der Waals surface area contributed by atoms with Crippen LogP contribution < -0.4 is 5.73 Å². The largest absolute Gasteiger partial charge is 0.326 e. The lowest BCUT2D eigenvalue weighted by molar-refractivity contribution is -0.141. The minimum atomic E-state index is -0.549. The fraction of sp³-hybridized carbons (Fsp3) is 0.833. The number of imide groups is 1.